The van der Waals surface area contributed by atoms with Crippen molar-refractivity contribution in [3.05, 3.63) is 71.3 Å². The molecule has 1 saturated heterocycles. The summed E-state index contributed by atoms with van der Waals surface area (Å²) < 4.78 is 27.2. The van der Waals surface area contributed by atoms with Crippen molar-refractivity contribution in [1.29, 1.82) is 0 Å². The van der Waals surface area contributed by atoms with E-state index in [-0.39, 0.29) is 6.04 Å². The highest BCUT2D eigenvalue weighted by molar-refractivity contribution is 5.69. The number of pyridine rings is 1. The number of benzene rings is 1. The Labute approximate surface area is 181 Å². The Balaban J connectivity index is 1.76. The fraction of sp³-hybridized carbons (Fsp3) is 0.375. The zero-order valence-electron chi connectivity index (χ0n) is 18.1. The predicted molar refractivity (Wildman–Crippen MR) is 118 cm³/mol. The van der Waals surface area contributed by atoms with E-state index < -0.39 is 11.6 Å². The molecule has 31 heavy (non-hydrogen) atoms. The number of aromatic nitrogens is 3. The standard InChI is InChI=1S/C24H27F2N5/c1-16-13-27-10-9-18(16)19-14-28-24(30(2)3)29-23(19)22-6-4-5-11-31(22)15-17-7-8-20(25)21(26)12-17/h7-10,12-14,22H,4-6,11,15H2,1-3H3. The van der Waals surface area contributed by atoms with E-state index >= 15 is 0 Å². The van der Waals surface area contributed by atoms with E-state index in [1.54, 1.807) is 12.3 Å². The van der Waals surface area contributed by atoms with Crippen LogP contribution in [-0.4, -0.2) is 40.5 Å². The molecule has 0 bridgehead atoms. The first-order chi connectivity index (χ1) is 14.9. The van der Waals surface area contributed by atoms with E-state index in [9.17, 15) is 8.78 Å². The van der Waals surface area contributed by atoms with Crippen molar-refractivity contribution < 1.29 is 8.78 Å². The first-order valence-corrected chi connectivity index (χ1v) is 10.6. The Bertz CT molecular complexity index is 1070. The number of anilines is 1. The van der Waals surface area contributed by atoms with Gasteiger partial charge in [0.05, 0.1) is 11.7 Å². The summed E-state index contributed by atoms with van der Waals surface area (Å²) in [5.41, 5.74) is 4.85. The first kappa shape index (κ1) is 21.3. The van der Waals surface area contributed by atoms with Crippen molar-refractivity contribution in [2.75, 3.05) is 25.5 Å². The van der Waals surface area contributed by atoms with Gasteiger partial charge in [0.2, 0.25) is 5.95 Å². The van der Waals surface area contributed by atoms with Crippen molar-refractivity contribution in [3.8, 4) is 11.1 Å². The molecule has 0 spiro atoms. The summed E-state index contributed by atoms with van der Waals surface area (Å²) in [5.74, 6) is -0.972. The maximum atomic E-state index is 13.8. The van der Waals surface area contributed by atoms with Crippen molar-refractivity contribution in [2.45, 2.75) is 38.8 Å². The average molecular weight is 424 g/mol. The molecular formula is C24H27F2N5. The van der Waals surface area contributed by atoms with Crippen LogP contribution >= 0.6 is 0 Å². The quantitative estimate of drug-likeness (QED) is 0.583. The third-order valence-electron chi connectivity index (χ3n) is 5.81. The molecular weight excluding hydrogens is 396 g/mol. The molecule has 2 aromatic heterocycles. The molecule has 1 aromatic carbocycles. The Kier molecular flexibility index (Phi) is 6.23. The maximum absolute atomic E-state index is 13.8. The Morgan fingerprint density at radius 1 is 1.06 bits per heavy atom. The summed E-state index contributed by atoms with van der Waals surface area (Å²) in [7, 11) is 3.85. The predicted octanol–water partition coefficient (Wildman–Crippen LogP) is 4.92. The molecule has 0 amide bonds. The minimum absolute atomic E-state index is 0.0612. The van der Waals surface area contributed by atoms with Crippen LogP contribution in [0, 0.1) is 18.6 Å². The lowest BCUT2D eigenvalue weighted by Gasteiger charge is -2.36. The zero-order chi connectivity index (χ0) is 22.0. The topological polar surface area (TPSA) is 45.2 Å². The highest BCUT2D eigenvalue weighted by Gasteiger charge is 2.29. The second-order valence-electron chi connectivity index (χ2n) is 8.28. The van der Waals surface area contributed by atoms with E-state index in [0.29, 0.717) is 12.5 Å². The van der Waals surface area contributed by atoms with Crippen LogP contribution in [0.25, 0.3) is 11.1 Å². The molecule has 0 N–H and O–H groups in total. The highest BCUT2D eigenvalue weighted by Crippen LogP contribution is 2.37. The van der Waals surface area contributed by atoms with Crippen molar-refractivity contribution in [1.82, 2.24) is 19.9 Å². The van der Waals surface area contributed by atoms with E-state index in [0.717, 1.165) is 53.8 Å². The van der Waals surface area contributed by atoms with Gasteiger partial charge < -0.3 is 4.90 Å². The largest absolute Gasteiger partial charge is 0.347 e. The lowest BCUT2D eigenvalue weighted by Crippen LogP contribution is -2.34. The summed E-state index contributed by atoms with van der Waals surface area (Å²) in [6, 6.07) is 6.20. The summed E-state index contributed by atoms with van der Waals surface area (Å²) >= 11 is 0. The molecule has 1 fully saturated rings. The molecule has 0 aliphatic carbocycles. The lowest BCUT2D eigenvalue weighted by atomic mass is 9.92. The van der Waals surface area contributed by atoms with Crippen molar-refractivity contribution >= 4 is 5.95 Å². The maximum Gasteiger partial charge on any atom is 0.225 e. The van der Waals surface area contributed by atoms with Crippen molar-refractivity contribution in [2.24, 2.45) is 0 Å². The summed E-state index contributed by atoms with van der Waals surface area (Å²) in [6.07, 6.45) is 8.63. The van der Waals surface area contributed by atoms with Crippen LogP contribution in [0.4, 0.5) is 14.7 Å². The van der Waals surface area contributed by atoms with Gasteiger partial charge in [0.15, 0.2) is 11.6 Å². The smallest absolute Gasteiger partial charge is 0.225 e. The van der Waals surface area contributed by atoms with Crippen LogP contribution in [0.1, 0.15) is 42.1 Å². The van der Waals surface area contributed by atoms with Gasteiger partial charge in [-0.2, -0.15) is 0 Å². The van der Waals surface area contributed by atoms with E-state index in [1.165, 1.54) is 12.1 Å². The monoisotopic (exact) mass is 423 g/mol. The number of rotatable bonds is 5. The Morgan fingerprint density at radius 2 is 1.90 bits per heavy atom. The second-order valence-corrected chi connectivity index (χ2v) is 8.28. The van der Waals surface area contributed by atoms with Gasteiger partial charge in [-0.3, -0.25) is 9.88 Å². The summed E-state index contributed by atoms with van der Waals surface area (Å²) in [6.45, 7) is 3.45. The van der Waals surface area contributed by atoms with Crippen LogP contribution in [0.2, 0.25) is 0 Å². The van der Waals surface area contributed by atoms with Gasteiger partial charge in [-0.15, -0.1) is 0 Å². The average Bonchev–Trinajstić information content (AvgIpc) is 2.77. The number of aryl methyl sites for hydroxylation is 1. The number of hydrogen-bond donors (Lipinski definition) is 0. The number of hydrogen-bond acceptors (Lipinski definition) is 5. The van der Waals surface area contributed by atoms with E-state index in [4.69, 9.17) is 4.98 Å². The SMILES string of the molecule is Cc1cnccc1-c1cnc(N(C)C)nc1C1CCCCN1Cc1ccc(F)c(F)c1. The third kappa shape index (κ3) is 4.56. The summed E-state index contributed by atoms with van der Waals surface area (Å²) in [4.78, 5) is 18.0. The number of likely N-dealkylation sites (tertiary alicyclic amines) is 1. The molecule has 1 atom stereocenters. The molecule has 3 heterocycles. The molecule has 7 heteroatoms. The van der Waals surface area contributed by atoms with Crippen LogP contribution < -0.4 is 4.90 Å². The van der Waals surface area contributed by atoms with Gasteiger partial charge in [-0.1, -0.05) is 12.5 Å². The van der Waals surface area contributed by atoms with Gasteiger partial charge in [-0.05, 0) is 61.2 Å². The first-order valence-electron chi connectivity index (χ1n) is 10.6. The fourth-order valence-corrected chi connectivity index (χ4v) is 4.20. The van der Waals surface area contributed by atoms with E-state index in [1.807, 2.05) is 44.4 Å². The number of halogens is 2. The van der Waals surface area contributed by atoms with E-state index in [2.05, 4.69) is 14.9 Å². The molecule has 5 nitrogen and oxygen atoms in total. The Morgan fingerprint density at radius 3 is 2.65 bits per heavy atom. The van der Waals surface area contributed by atoms with Crippen LogP contribution in [0.3, 0.4) is 0 Å². The van der Waals surface area contributed by atoms with Gasteiger partial charge >= 0.3 is 0 Å². The zero-order valence-corrected chi connectivity index (χ0v) is 18.1. The van der Waals surface area contributed by atoms with Gasteiger partial charge in [0.1, 0.15) is 0 Å². The van der Waals surface area contributed by atoms with Crippen molar-refractivity contribution in [3.63, 3.8) is 0 Å². The molecule has 0 radical (unpaired) electrons. The molecule has 3 aromatic rings. The van der Waals surface area contributed by atoms with Crippen LogP contribution in [0.5, 0.6) is 0 Å². The normalized spacial score (nSPS) is 17.0. The Hall–Kier alpha value is -2.93. The van der Waals surface area contributed by atoms with Gasteiger partial charge in [0.25, 0.3) is 0 Å². The van der Waals surface area contributed by atoms with Gasteiger partial charge in [0, 0.05) is 44.8 Å². The minimum atomic E-state index is -0.819. The molecule has 162 valence electrons. The third-order valence-corrected chi connectivity index (χ3v) is 5.81. The second kappa shape index (κ2) is 9.06. The molecule has 4 rings (SSSR count). The summed E-state index contributed by atoms with van der Waals surface area (Å²) in [5, 5.41) is 0. The van der Waals surface area contributed by atoms with Crippen LogP contribution in [0.15, 0.2) is 42.9 Å². The number of nitrogens with zero attached hydrogens (tertiary/aromatic N) is 5. The molecule has 0 saturated carbocycles. The highest BCUT2D eigenvalue weighted by atomic mass is 19.2. The number of piperidine rings is 1. The fourth-order valence-electron chi connectivity index (χ4n) is 4.20. The molecule has 1 unspecified atom stereocenters. The van der Waals surface area contributed by atoms with Gasteiger partial charge in [-0.25, -0.2) is 18.7 Å². The molecule has 1 aliphatic rings. The molecule has 1 aliphatic heterocycles. The minimum Gasteiger partial charge on any atom is -0.347 e. The lowest BCUT2D eigenvalue weighted by molar-refractivity contribution is 0.137. The van der Waals surface area contributed by atoms with Crippen LogP contribution in [-0.2, 0) is 6.54 Å².